The molecule has 2 heterocycles. The van der Waals surface area contributed by atoms with Crippen molar-refractivity contribution in [3.8, 4) is 0 Å². The Hall–Kier alpha value is -4.01. The maximum atomic E-state index is 14.2. The Labute approximate surface area is 177 Å². The summed E-state index contributed by atoms with van der Waals surface area (Å²) in [6.45, 7) is 1.23. The highest BCUT2D eigenvalue weighted by atomic mass is 19.1. The Morgan fingerprint density at radius 1 is 0.935 bits per heavy atom. The lowest BCUT2D eigenvalue weighted by molar-refractivity contribution is -0.127. The number of nitrogens with two attached hydrogens (primary N) is 1. The molecule has 0 bridgehead atoms. The van der Waals surface area contributed by atoms with E-state index in [0.717, 1.165) is 5.56 Å². The van der Waals surface area contributed by atoms with Gasteiger partial charge in [0.05, 0.1) is 5.56 Å². The number of urea groups is 1. The number of amides is 3. The van der Waals surface area contributed by atoms with E-state index in [1.165, 1.54) is 23.2 Å². The monoisotopic (exact) mass is 421 g/mol. The normalized spacial score (nSPS) is 14.7. The summed E-state index contributed by atoms with van der Waals surface area (Å²) in [5.41, 5.74) is 6.47. The van der Waals surface area contributed by atoms with Crippen molar-refractivity contribution in [2.24, 2.45) is 10.7 Å². The molecular weight excluding hydrogens is 401 g/mol. The topological polar surface area (TPSA) is 112 Å². The van der Waals surface area contributed by atoms with Crippen LogP contribution >= 0.6 is 0 Å². The molecule has 0 aliphatic carbocycles. The van der Waals surface area contributed by atoms with Crippen molar-refractivity contribution in [3.05, 3.63) is 71.7 Å². The van der Waals surface area contributed by atoms with Crippen LogP contribution in [0.25, 0.3) is 10.9 Å². The van der Waals surface area contributed by atoms with E-state index in [2.05, 4.69) is 9.98 Å². The highest BCUT2D eigenvalue weighted by Crippen LogP contribution is 2.23. The number of primary amides is 1. The van der Waals surface area contributed by atoms with Crippen LogP contribution in [0.3, 0.4) is 0 Å². The molecule has 0 saturated carbocycles. The predicted octanol–water partition coefficient (Wildman–Crippen LogP) is 2.16. The Kier molecular flexibility index (Phi) is 5.48. The minimum Gasteiger partial charge on any atom is -0.360 e. The van der Waals surface area contributed by atoms with Gasteiger partial charge in [0.25, 0.3) is 11.7 Å². The first-order valence-corrected chi connectivity index (χ1v) is 9.73. The number of aromatic nitrogens is 1. The summed E-state index contributed by atoms with van der Waals surface area (Å²) in [4.78, 5) is 47.0. The second-order valence-electron chi connectivity index (χ2n) is 7.11. The zero-order valence-electron chi connectivity index (χ0n) is 16.5. The first kappa shape index (κ1) is 20.3. The maximum absolute atomic E-state index is 14.2. The molecule has 31 heavy (non-hydrogen) atoms. The fraction of sp³-hybridized carbons (Fsp3) is 0.182. The number of benzene rings is 2. The number of ketones is 1. The minimum atomic E-state index is -0.811. The molecule has 158 valence electrons. The fourth-order valence-corrected chi connectivity index (χ4v) is 3.71. The number of aliphatic imine (C=N–C) groups is 1. The number of Topliss-reactive ketones (excluding diaryl/α,β-unsaturated/α-hetero) is 1. The Morgan fingerprint density at radius 2 is 1.61 bits per heavy atom. The molecule has 3 aromatic rings. The van der Waals surface area contributed by atoms with Crippen LogP contribution in [0.1, 0.15) is 15.9 Å². The number of nitrogens with zero attached hydrogens (tertiary/aromatic N) is 3. The number of carbonyl (C=O) groups excluding carboxylic acids is 3. The Morgan fingerprint density at radius 3 is 2.29 bits per heavy atom. The average molecular weight is 421 g/mol. The molecule has 8 nitrogen and oxygen atoms in total. The van der Waals surface area contributed by atoms with Gasteiger partial charge in [-0.3, -0.25) is 9.59 Å². The lowest BCUT2D eigenvalue weighted by atomic mass is 10.1. The first-order chi connectivity index (χ1) is 15.0. The molecule has 1 aliphatic heterocycles. The van der Waals surface area contributed by atoms with Gasteiger partial charge in [-0.1, -0.05) is 36.4 Å². The third-order valence-corrected chi connectivity index (χ3v) is 5.21. The van der Waals surface area contributed by atoms with Crippen LogP contribution in [-0.2, 0) is 4.79 Å². The van der Waals surface area contributed by atoms with Crippen molar-refractivity contribution in [2.75, 3.05) is 26.2 Å². The van der Waals surface area contributed by atoms with Crippen molar-refractivity contribution < 1.29 is 18.8 Å². The molecular formula is C22H20FN5O3. The largest absolute Gasteiger partial charge is 0.360 e. The van der Waals surface area contributed by atoms with Crippen LogP contribution in [0, 0.1) is 5.82 Å². The third kappa shape index (κ3) is 4.02. The Balaban J connectivity index is 1.49. The molecule has 1 aliphatic rings. The number of piperazine rings is 1. The van der Waals surface area contributed by atoms with Gasteiger partial charge in [0.15, 0.2) is 0 Å². The van der Waals surface area contributed by atoms with Crippen molar-refractivity contribution >= 4 is 34.5 Å². The summed E-state index contributed by atoms with van der Waals surface area (Å²) in [5, 5.41) is 0.111. The number of H-pyrrole nitrogens is 1. The average Bonchev–Trinajstić information content (AvgIpc) is 3.23. The van der Waals surface area contributed by atoms with Crippen LogP contribution in [0.15, 0.2) is 59.7 Å². The number of rotatable bonds is 3. The van der Waals surface area contributed by atoms with Gasteiger partial charge < -0.3 is 20.5 Å². The number of fused-ring (bicyclic) bond motifs is 1. The molecule has 0 atom stereocenters. The number of aromatic amines is 1. The minimum absolute atomic E-state index is 0.0146. The van der Waals surface area contributed by atoms with E-state index in [-0.39, 0.29) is 24.0 Å². The fourth-order valence-electron chi connectivity index (χ4n) is 3.71. The van der Waals surface area contributed by atoms with Gasteiger partial charge >= 0.3 is 6.03 Å². The maximum Gasteiger partial charge on any atom is 0.340 e. The van der Waals surface area contributed by atoms with Crippen molar-refractivity contribution in [2.45, 2.75) is 0 Å². The predicted molar refractivity (Wildman–Crippen MR) is 113 cm³/mol. The van der Waals surface area contributed by atoms with Crippen molar-refractivity contribution in [3.63, 3.8) is 0 Å². The summed E-state index contributed by atoms with van der Waals surface area (Å²) in [7, 11) is 0. The number of amidine groups is 1. The molecule has 1 fully saturated rings. The number of hydrogen-bond donors (Lipinski definition) is 2. The lowest BCUT2D eigenvalue weighted by Gasteiger charge is -2.36. The van der Waals surface area contributed by atoms with Gasteiger partial charge in [-0.05, 0) is 12.1 Å². The quantitative estimate of drug-likeness (QED) is 0.292. The molecule has 0 unspecified atom stereocenters. The van der Waals surface area contributed by atoms with Crippen LogP contribution in [0.5, 0.6) is 0 Å². The molecule has 3 N–H and O–H groups in total. The van der Waals surface area contributed by atoms with E-state index in [0.29, 0.717) is 24.4 Å². The zero-order chi connectivity index (χ0) is 22.0. The smallest absolute Gasteiger partial charge is 0.340 e. The number of nitrogens with one attached hydrogen (secondary N) is 1. The molecule has 4 rings (SSSR count). The van der Waals surface area contributed by atoms with E-state index < -0.39 is 23.5 Å². The molecule has 1 saturated heterocycles. The van der Waals surface area contributed by atoms with Gasteiger partial charge in [0, 0.05) is 48.8 Å². The number of hydrogen-bond acceptors (Lipinski definition) is 3. The molecule has 2 aromatic carbocycles. The number of carbonyl (C=O) groups is 3. The highest BCUT2D eigenvalue weighted by molar-refractivity contribution is 6.44. The van der Waals surface area contributed by atoms with E-state index >= 15 is 0 Å². The third-order valence-electron chi connectivity index (χ3n) is 5.21. The summed E-state index contributed by atoms with van der Waals surface area (Å²) in [6, 6.07) is 12.7. The van der Waals surface area contributed by atoms with Gasteiger partial charge in [-0.15, -0.1) is 0 Å². The van der Waals surface area contributed by atoms with Crippen molar-refractivity contribution in [1.82, 2.24) is 14.8 Å². The molecule has 9 heteroatoms. The lowest BCUT2D eigenvalue weighted by Crippen LogP contribution is -2.52. The van der Waals surface area contributed by atoms with Gasteiger partial charge in [-0.25, -0.2) is 9.18 Å². The summed E-state index contributed by atoms with van der Waals surface area (Å²) >= 11 is 0. The van der Waals surface area contributed by atoms with Gasteiger partial charge in [0.2, 0.25) is 0 Å². The standard InChI is InChI=1S/C22H20FN5O3/c23-16-7-4-8-17-18(16)15(13-25-17)19(29)21(30)28-11-9-27(10-12-28)20(26-22(24)31)14-5-2-1-3-6-14/h1-8,13,25H,9-12H2,(H2,24,31). The van der Waals surface area contributed by atoms with Crippen LogP contribution in [0.2, 0.25) is 0 Å². The van der Waals surface area contributed by atoms with Crippen molar-refractivity contribution in [1.29, 1.82) is 0 Å². The zero-order valence-corrected chi connectivity index (χ0v) is 16.5. The second kappa shape index (κ2) is 8.39. The van der Waals surface area contributed by atoms with Crippen LogP contribution in [0.4, 0.5) is 9.18 Å². The molecule has 0 spiro atoms. The van der Waals surface area contributed by atoms with Gasteiger partial charge in [0.1, 0.15) is 11.7 Å². The number of halogens is 1. The molecule has 3 amide bonds. The van der Waals surface area contributed by atoms with Gasteiger partial charge in [-0.2, -0.15) is 4.99 Å². The Bertz CT molecular complexity index is 1180. The van der Waals surface area contributed by atoms with E-state index in [1.54, 1.807) is 6.07 Å². The highest BCUT2D eigenvalue weighted by Gasteiger charge is 2.30. The molecule has 0 radical (unpaired) electrons. The molecule has 1 aromatic heterocycles. The first-order valence-electron chi connectivity index (χ1n) is 9.73. The van der Waals surface area contributed by atoms with Crippen LogP contribution in [-0.4, -0.2) is 64.5 Å². The van der Waals surface area contributed by atoms with Crippen LogP contribution < -0.4 is 5.73 Å². The van der Waals surface area contributed by atoms with E-state index in [9.17, 15) is 18.8 Å². The summed E-state index contributed by atoms with van der Waals surface area (Å²) in [6.07, 6.45) is 1.36. The van der Waals surface area contributed by atoms with E-state index in [4.69, 9.17) is 5.73 Å². The second-order valence-corrected chi connectivity index (χ2v) is 7.11. The van der Waals surface area contributed by atoms with E-state index in [1.807, 2.05) is 35.2 Å². The summed E-state index contributed by atoms with van der Waals surface area (Å²) < 4.78 is 14.2. The summed E-state index contributed by atoms with van der Waals surface area (Å²) in [5.74, 6) is -1.60. The SMILES string of the molecule is NC(=O)N=C(c1ccccc1)N1CCN(C(=O)C(=O)c2c[nH]c3cccc(F)c23)CC1.